The van der Waals surface area contributed by atoms with Gasteiger partial charge in [-0.15, -0.1) is 0 Å². The molecule has 0 aliphatic heterocycles. The lowest BCUT2D eigenvalue weighted by Gasteiger charge is -2.22. The van der Waals surface area contributed by atoms with Gasteiger partial charge in [-0.05, 0) is 31.6 Å². The Morgan fingerprint density at radius 3 is 2.58 bits per heavy atom. The van der Waals surface area contributed by atoms with E-state index in [1.54, 1.807) is 0 Å². The summed E-state index contributed by atoms with van der Waals surface area (Å²) in [6, 6.07) is 0.237. The predicted molar refractivity (Wildman–Crippen MR) is 76.4 cm³/mol. The van der Waals surface area contributed by atoms with Gasteiger partial charge in [0.1, 0.15) is 11.5 Å². The van der Waals surface area contributed by atoms with Crippen LogP contribution in [0.5, 0.6) is 0 Å². The number of H-pyrrole nitrogens is 1. The normalized spacial score (nSPS) is 26.6. The summed E-state index contributed by atoms with van der Waals surface area (Å²) in [6.07, 6.45) is 2.16. The molecule has 19 heavy (non-hydrogen) atoms. The quantitative estimate of drug-likeness (QED) is 0.760. The van der Waals surface area contributed by atoms with Gasteiger partial charge in [0.25, 0.3) is 5.56 Å². The van der Waals surface area contributed by atoms with Gasteiger partial charge >= 0.3 is 5.69 Å². The van der Waals surface area contributed by atoms with Crippen molar-refractivity contribution < 1.29 is 0 Å². The lowest BCUT2D eigenvalue weighted by molar-refractivity contribution is 0.435. The third kappa shape index (κ3) is 2.39. The highest BCUT2D eigenvalue weighted by Crippen LogP contribution is 2.33. The molecule has 6 heteroatoms. The maximum absolute atomic E-state index is 11.9. The monoisotopic (exact) mass is 266 g/mol. The van der Waals surface area contributed by atoms with E-state index in [9.17, 15) is 9.59 Å². The van der Waals surface area contributed by atoms with Crippen LogP contribution in [0.3, 0.4) is 0 Å². The summed E-state index contributed by atoms with van der Waals surface area (Å²) in [5, 5.41) is 3.23. The van der Waals surface area contributed by atoms with Crippen molar-refractivity contribution in [2.24, 2.45) is 11.8 Å². The second-order valence-electron chi connectivity index (χ2n) is 5.43. The summed E-state index contributed by atoms with van der Waals surface area (Å²) in [5.41, 5.74) is 5.37. The number of hydrogen-bond acceptors (Lipinski definition) is 4. The number of nitrogen functional groups attached to an aromatic ring is 1. The van der Waals surface area contributed by atoms with E-state index in [0.717, 1.165) is 12.8 Å². The van der Waals surface area contributed by atoms with E-state index < -0.39 is 11.2 Å². The lowest BCUT2D eigenvalue weighted by atomic mass is 9.98. The molecule has 4 N–H and O–H groups in total. The summed E-state index contributed by atoms with van der Waals surface area (Å²) in [7, 11) is 0. The van der Waals surface area contributed by atoms with Gasteiger partial charge in [0.15, 0.2) is 0 Å². The highest BCUT2D eigenvalue weighted by atomic mass is 16.2. The molecule has 6 nitrogen and oxygen atoms in total. The number of hydrogen-bond donors (Lipinski definition) is 3. The zero-order valence-electron chi connectivity index (χ0n) is 11.7. The fraction of sp³-hybridized carbons (Fsp3) is 0.692. The first-order chi connectivity index (χ1) is 8.95. The van der Waals surface area contributed by atoms with Crippen molar-refractivity contribution in [3.63, 3.8) is 0 Å². The van der Waals surface area contributed by atoms with Gasteiger partial charge < -0.3 is 11.1 Å². The number of nitrogens with two attached hydrogens (primary N) is 1. The highest BCUT2D eigenvalue weighted by molar-refractivity contribution is 5.61. The molecule has 1 fully saturated rings. The molecular formula is C13H22N4O2. The molecule has 1 aliphatic rings. The lowest BCUT2D eigenvalue weighted by Crippen LogP contribution is -2.36. The van der Waals surface area contributed by atoms with E-state index >= 15 is 0 Å². The van der Waals surface area contributed by atoms with Gasteiger partial charge in [-0.25, -0.2) is 4.79 Å². The van der Waals surface area contributed by atoms with Crippen LogP contribution in [0.1, 0.15) is 33.6 Å². The fourth-order valence-corrected chi connectivity index (χ4v) is 2.80. The molecule has 3 unspecified atom stereocenters. The minimum atomic E-state index is -0.455. The highest BCUT2D eigenvalue weighted by Gasteiger charge is 2.30. The first-order valence-corrected chi connectivity index (χ1v) is 6.84. The van der Waals surface area contributed by atoms with Crippen molar-refractivity contribution in [2.75, 3.05) is 11.1 Å². The zero-order valence-corrected chi connectivity index (χ0v) is 11.7. The summed E-state index contributed by atoms with van der Waals surface area (Å²) in [5.74, 6) is 1.35. The average molecular weight is 266 g/mol. The summed E-state index contributed by atoms with van der Waals surface area (Å²) in [4.78, 5) is 25.8. The Balaban J connectivity index is 2.36. The van der Waals surface area contributed by atoms with Crippen LogP contribution in [-0.4, -0.2) is 15.6 Å². The summed E-state index contributed by atoms with van der Waals surface area (Å²) >= 11 is 0. The molecule has 0 saturated heterocycles. The largest absolute Gasteiger partial charge is 0.383 e. The number of anilines is 2. The molecule has 0 aromatic carbocycles. The van der Waals surface area contributed by atoms with Crippen LogP contribution in [0, 0.1) is 11.8 Å². The second-order valence-corrected chi connectivity index (χ2v) is 5.43. The second kappa shape index (κ2) is 5.11. The predicted octanol–water partition coefficient (Wildman–Crippen LogP) is 0.985. The molecule has 3 atom stereocenters. The Morgan fingerprint density at radius 2 is 2.05 bits per heavy atom. The molecule has 0 spiro atoms. The van der Waals surface area contributed by atoms with Crippen LogP contribution >= 0.6 is 0 Å². The molecule has 1 saturated carbocycles. The molecule has 2 rings (SSSR count). The number of aromatic nitrogens is 2. The van der Waals surface area contributed by atoms with Crippen molar-refractivity contribution in [1.82, 2.24) is 9.55 Å². The molecule has 1 aromatic rings. The Labute approximate surface area is 112 Å². The zero-order chi connectivity index (χ0) is 14.2. The Bertz CT molecular complexity index is 575. The van der Waals surface area contributed by atoms with E-state index in [0.29, 0.717) is 24.1 Å². The first-order valence-electron chi connectivity index (χ1n) is 6.84. The molecule has 1 heterocycles. The van der Waals surface area contributed by atoms with Crippen LogP contribution in [0.4, 0.5) is 11.5 Å². The van der Waals surface area contributed by atoms with E-state index in [2.05, 4.69) is 24.1 Å². The van der Waals surface area contributed by atoms with Gasteiger partial charge in [0.2, 0.25) is 0 Å². The molecule has 1 aliphatic carbocycles. The standard InChI is InChI=1S/C13H22N4O2/c1-4-17-11(14)10(12(18)16-13(17)19)15-9-6-5-7(2)8(9)3/h7-9,15H,4-6,14H2,1-3H3,(H,16,18,19). The van der Waals surface area contributed by atoms with Gasteiger partial charge in [-0.1, -0.05) is 13.8 Å². The van der Waals surface area contributed by atoms with Gasteiger partial charge in [0.05, 0.1) is 0 Å². The minimum Gasteiger partial charge on any atom is -0.383 e. The van der Waals surface area contributed by atoms with Crippen molar-refractivity contribution >= 4 is 11.5 Å². The van der Waals surface area contributed by atoms with E-state index in [1.165, 1.54) is 4.57 Å². The maximum atomic E-state index is 11.9. The van der Waals surface area contributed by atoms with Gasteiger partial charge in [-0.2, -0.15) is 0 Å². The van der Waals surface area contributed by atoms with Crippen LogP contribution < -0.4 is 22.3 Å². The summed E-state index contributed by atoms with van der Waals surface area (Å²) in [6.45, 7) is 6.65. The van der Waals surface area contributed by atoms with Gasteiger partial charge in [-0.3, -0.25) is 14.3 Å². The Kier molecular flexibility index (Phi) is 3.68. The number of rotatable bonds is 3. The van der Waals surface area contributed by atoms with E-state index in [4.69, 9.17) is 5.73 Å². The number of aromatic amines is 1. The van der Waals surface area contributed by atoms with Crippen LogP contribution in [0.2, 0.25) is 0 Å². The van der Waals surface area contributed by atoms with Crippen LogP contribution in [-0.2, 0) is 6.54 Å². The minimum absolute atomic E-state index is 0.225. The third-order valence-electron chi connectivity index (χ3n) is 4.35. The topological polar surface area (TPSA) is 92.9 Å². The number of nitrogens with one attached hydrogen (secondary N) is 2. The van der Waals surface area contributed by atoms with Gasteiger partial charge in [0, 0.05) is 12.6 Å². The van der Waals surface area contributed by atoms with E-state index in [-0.39, 0.29) is 11.9 Å². The van der Waals surface area contributed by atoms with Crippen molar-refractivity contribution in [2.45, 2.75) is 46.2 Å². The molecule has 0 bridgehead atoms. The SMILES string of the molecule is CCn1c(N)c(NC2CCC(C)C2C)c(=O)[nH]c1=O. The fourth-order valence-electron chi connectivity index (χ4n) is 2.80. The molecule has 0 radical (unpaired) electrons. The smallest absolute Gasteiger partial charge is 0.330 e. The van der Waals surface area contributed by atoms with Crippen molar-refractivity contribution in [3.8, 4) is 0 Å². The average Bonchev–Trinajstić information content (AvgIpc) is 2.66. The molecule has 1 aromatic heterocycles. The molecular weight excluding hydrogens is 244 g/mol. The summed E-state index contributed by atoms with van der Waals surface area (Å²) < 4.78 is 1.37. The Hall–Kier alpha value is -1.72. The first kappa shape index (κ1) is 13.7. The van der Waals surface area contributed by atoms with E-state index in [1.807, 2.05) is 6.92 Å². The van der Waals surface area contributed by atoms with Crippen molar-refractivity contribution in [1.29, 1.82) is 0 Å². The molecule has 106 valence electrons. The maximum Gasteiger partial charge on any atom is 0.330 e. The Morgan fingerprint density at radius 1 is 1.37 bits per heavy atom. The van der Waals surface area contributed by atoms with Crippen LogP contribution in [0.15, 0.2) is 9.59 Å². The molecule has 0 amide bonds. The third-order valence-corrected chi connectivity index (χ3v) is 4.35. The van der Waals surface area contributed by atoms with Crippen LogP contribution in [0.25, 0.3) is 0 Å². The van der Waals surface area contributed by atoms with Crippen molar-refractivity contribution in [3.05, 3.63) is 20.8 Å². The number of nitrogens with zero attached hydrogens (tertiary/aromatic N) is 1.